The van der Waals surface area contributed by atoms with E-state index in [0.29, 0.717) is 29.5 Å². The Labute approximate surface area is 191 Å². The summed E-state index contributed by atoms with van der Waals surface area (Å²) in [5.41, 5.74) is 6.24. The summed E-state index contributed by atoms with van der Waals surface area (Å²) in [6.45, 7) is 11.1. The second kappa shape index (κ2) is 8.03. The third-order valence-electron chi connectivity index (χ3n) is 7.51. The summed E-state index contributed by atoms with van der Waals surface area (Å²) in [5, 5.41) is 10.4. The Hall–Kier alpha value is -2.68. The molecule has 2 aliphatic rings. The van der Waals surface area contributed by atoms with E-state index in [9.17, 15) is 14.7 Å². The van der Waals surface area contributed by atoms with Crippen molar-refractivity contribution in [3.63, 3.8) is 0 Å². The molecule has 2 aromatic rings. The minimum Gasteiger partial charge on any atom is -0.512 e. The molecule has 32 heavy (non-hydrogen) atoms. The molecule has 0 fully saturated rings. The third kappa shape index (κ3) is 3.94. The van der Waals surface area contributed by atoms with Crippen LogP contribution in [0, 0.1) is 6.92 Å². The number of hydrogen-bond donors (Lipinski definition) is 1. The third-order valence-corrected chi connectivity index (χ3v) is 7.51. The average molecular weight is 431 g/mol. The largest absolute Gasteiger partial charge is 0.512 e. The first-order valence-corrected chi connectivity index (χ1v) is 11.8. The predicted octanol–water partition coefficient (Wildman–Crippen LogP) is 6.99. The van der Waals surface area contributed by atoms with Crippen molar-refractivity contribution in [1.29, 1.82) is 0 Å². The SMILES string of the molecule is Cc1cc2c(cc1C(=O)c1ccc(C3=C(O)CCCCC3=O)cc1)C(C)(C)CCC2(C)C. The molecular weight excluding hydrogens is 396 g/mol. The number of fused-ring (bicyclic) bond motifs is 1. The zero-order valence-electron chi connectivity index (χ0n) is 20.0. The van der Waals surface area contributed by atoms with Crippen molar-refractivity contribution >= 4 is 17.1 Å². The zero-order chi connectivity index (χ0) is 23.3. The summed E-state index contributed by atoms with van der Waals surface area (Å²) in [4.78, 5) is 25.9. The molecule has 1 N–H and O–H groups in total. The zero-order valence-corrected chi connectivity index (χ0v) is 20.0. The molecule has 3 heteroatoms. The van der Waals surface area contributed by atoms with Gasteiger partial charge in [-0.2, -0.15) is 0 Å². The van der Waals surface area contributed by atoms with Gasteiger partial charge < -0.3 is 5.11 Å². The standard InChI is InChI=1S/C29H34O3/c1-18-16-22-23(29(4,5)15-14-28(22,2)3)17-21(18)27(32)20-12-10-19(11-13-20)26-24(30)8-6-7-9-25(26)31/h10-13,16-17,30H,6-9,14-15H2,1-5H3. The molecule has 0 bridgehead atoms. The molecule has 2 aliphatic carbocycles. The monoisotopic (exact) mass is 430 g/mol. The van der Waals surface area contributed by atoms with Crippen LogP contribution in [0.1, 0.15) is 104 Å². The fraction of sp³-hybridized carbons (Fsp3) is 0.448. The minimum atomic E-state index is -0.0190. The van der Waals surface area contributed by atoms with Gasteiger partial charge in [-0.05, 0) is 71.8 Å². The van der Waals surface area contributed by atoms with E-state index in [1.165, 1.54) is 11.1 Å². The van der Waals surface area contributed by atoms with Crippen LogP contribution in [0.3, 0.4) is 0 Å². The Morgan fingerprint density at radius 2 is 1.44 bits per heavy atom. The van der Waals surface area contributed by atoms with E-state index in [1.54, 1.807) is 24.3 Å². The summed E-state index contributed by atoms with van der Waals surface area (Å²) in [6, 6.07) is 11.5. The molecule has 0 atom stereocenters. The van der Waals surface area contributed by atoms with E-state index in [2.05, 4.69) is 39.8 Å². The fourth-order valence-corrected chi connectivity index (χ4v) is 5.23. The van der Waals surface area contributed by atoms with Crippen molar-refractivity contribution in [2.24, 2.45) is 0 Å². The number of aliphatic hydroxyl groups is 1. The fourth-order valence-electron chi connectivity index (χ4n) is 5.23. The van der Waals surface area contributed by atoms with Crippen LogP contribution in [0.5, 0.6) is 0 Å². The lowest BCUT2D eigenvalue weighted by atomic mass is 9.62. The number of aryl methyl sites for hydroxylation is 1. The summed E-state index contributed by atoms with van der Waals surface area (Å²) >= 11 is 0. The lowest BCUT2D eigenvalue weighted by Crippen LogP contribution is -2.34. The molecule has 0 unspecified atom stereocenters. The number of Topliss-reactive ketones (excluding diaryl/α,β-unsaturated/α-hetero) is 1. The lowest BCUT2D eigenvalue weighted by molar-refractivity contribution is -0.113. The highest BCUT2D eigenvalue weighted by Crippen LogP contribution is 2.46. The highest BCUT2D eigenvalue weighted by Gasteiger charge is 2.38. The summed E-state index contributed by atoms with van der Waals surface area (Å²) in [7, 11) is 0. The Bertz CT molecular complexity index is 1110. The first kappa shape index (κ1) is 22.5. The number of benzene rings is 2. The predicted molar refractivity (Wildman–Crippen MR) is 129 cm³/mol. The summed E-state index contributed by atoms with van der Waals surface area (Å²) in [6.07, 6.45) is 4.85. The molecule has 3 nitrogen and oxygen atoms in total. The lowest BCUT2D eigenvalue weighted by Gasteiger charge is -2.42. The number of hydrogen-bond acceptors (Lipinski definition) is 3. The first-order chi connectivity index (χ1) is 15.0. The van der Waals surface area contributed by atoms with E-state index in [4.69, 9.17) is 0 Å². The van der Waals surface area contributed by atoms with Crippen LogP contribution in [0.25, 0.3) is 5.57 Å². The smallest absolute Gasteiger partial charge is 0.193 e. The van der Waals surface area contributed by atoms with Crippen LogP contribution >= 0.6 is 0 Å². The van der Waals surface area contributed by atoms with Crippen LogP contribution in [-0.2, 0) is 15.6 Å². The van der Waals surface area contributed by atoms with Gasteiger partial charge in [-0.15, -0.1) is 0 Å². The second-order valence-corrected chi connectivity index (χ2v) is 10.8. The Balaban J connectivity index is 1.71. The van der Waals surface area contributed by atoms with Crippen molar-refractivity contribution in [3.05, 3.63) is 75.5 Å². The van der Waals surface area contributed by atoms with E-state index < -0.39 is 0 Å². The highest BCUT2D eigenvalue weighted by atomic mass is 16.3. The maximum absolute atomic E-state index is 13.5. The van der Waals surface area contributed by atoms with Gasteiger partial charge in [0.05, 0.1) is 5.57 Å². The van der Waals surface area contributed by atoms with Crippen LogP contribution in [0.15, 0.2) is 42.2 Å². The van der Waals surface area contributed by atoms with Gasteiger partial charge in [0.1, 0.15) is 5.76 Å². The molecule has 2 aromatic carbocycles. The molecule has 0 aromatic heterocycles. The number of carbonyl (C=O) groups is 2. The van der Waals surface area contributed by atoms with Gasteiger partial charge in [-0.3, -0.25) is 9.59 Å². The van der Waals surface area contributed by atoms with Crippen molar-refractivity contribution in [2.75, 3.05) is 0 Å². The first-order valence-electron chi connectivity index (χ1n) is 11.8. The second-order valence-electron chi connectivity index (χ2n) is 10.8. The summed E-state index contributed by atoms with van der Waals surface area (Å²) < 4.78 is 0. The van der Waals surface area contributed by atoms with Gasteiger partial charge in [-0.25, -0.2) is 0 Å². The molecule has 0 radical (unpaired) electrons. The van der Waals surface area contributed by atoms with Crippen LogP contribution in [0.2, 0.25) is 0 Å². The maximum atomic E-state index is 13.5. The Morgan fingerprint density at radius 3 is 2.06 bits per heavy atom. The number of rotatable bonds is 3. The van der Waals surface area contributed by atoms with Crippen molar-refractivity contribution in [2.45, 2.75) is 84.0 Å². The molecule has 0 aliphatic heterocycles. The van der Waals surface area contributed by atoms with Gasteiger partial charge in [0, 0.05) is 24.0 Å². The van der Waals surface area contributed by atoms with Crippen molar-refractivity contribution in [3.8, 4) is 0 Å². The number of carbonyl (C=O) groups excluding carboxylic acids is 2. The van der Waals surface area contributed by atoms with Crippen LogP contribution < -0.4 is 0 Å². The quantitative estimate of drug-likeness (QED) is 0.534. The molecule has 0 spiro atoms. The number of aliphatic hydroxyl groups excluding tert-OH is 1. The van der Waals surface area contributed by atoms with Gasteiger partial charge in [0.2, 0.25) is 0 Å². The molecule has 0 saturated carbocycles. The Morgan fingerprint density at radius 1 is 0.875 bits per heavy atom. The van der Waals surface area contributed by atoms with Crippen LogP contribution in [-0.4, -0.2) is 16.7 Å². The highest BCUT2D eigenvalue weighted by molar-refractivity contribution is 6.21. The Kier molecular flexibility index (Phi) is 5.65. The molecule has 168 valence electrons. The molecular formula is C29H34O3. The minimum absolute atomic E-state index is 0.00132. The average Bonchev–Trinajstić information content (AvgIpc) is 2.91. The van der Waals surface area contributed by atoms with E-state index in [0.717, 1.165) is 36.8 Å². The number of allylic oxidation sites excluding steroid dienone is 2. The molecule has 0 saturated heterocycles. The topological polar surface area (TPSA) is 54.4 Å². The van der Waals surface area contributed by atoms with Gasteiger partial charge in [0.15, 0.2) is 11.6 Å². The van der Waals surface area contributed by atoms with Gasteiger partial charge in [-0.1, -0.05) is 58.0 Å². The molecule has 4 rings (SSSR count). The molecule has 0 amide bonds. The van der Waals surface area contributed by atoms with Gasteiger partial charge >= 0.3 is 0 Å². The van der Waals surface area contributed by atoms with Crippen LogP contribution in [0.4, 0.5) is 0 Å². The van der Waals surface area contributed by atoms with E-state index >= 15 is 0 Å². The van der Waals surface area contributed by atoms with Gasteiger partial charge in [0.25, 0.3) is 0 Å². The molecule has 0 heterocycles. The number of ketones is 2. The van der Waals surface area contributed by atoms with Crippen molar-refractivity contribution < 1.29 is 14.7 Å². The van der Waals surface area contributed by atoms with E-state index in [1.807, 2.05) is 6.92 Å². The normalized spacial score (nSPS) is 20.0. The summed E-state index contributed by atoms with van der Waals surface area (Å²) in [5.74, 6) is 0.151. The maximum Gasteiger partial charge on any atom is 0.193 e. The van der Waals surface area contributed by atoms with E-state index in [-0.39, 0.29) is 28.2 Å². The van der Waals surface area contributed by atoms with Crippen molar-refractivity contribution in [1.82, 2.24) is 0 Å².